The topological polar surface area (TPSA) is 87.2 Å². The van der Waals surface area contributed by atoms with Crippen LogP contribution in [0.1, 0.15) is 44.1 Å². The summed E-state index contributed by atoms with van der Waals surface area (Å²) in [6.45, 7) is 6.96. The van der Waals surface area contributed by atoms with Crippen molar-refractivity contribution in [2.75, 3.05) is 23.7 Å². The third-order valence-corrected chi connectivity index (χ3v) is 3.59. The molecule has 0 bridgehead atoms. The molecule has 0 aliphatic rings. The van der Waals surface area contributed by atoms with Gasteiger partial charge < -0.3 is 15.5 Å². The maximum atomic E-state index is 12.7. The first kappa shape index (κ1) is 19.4. The molecule has 1 heterocycles. The minimum Gasteiger partial charge on any atom is -0.337 e. The van der Waals surface area contributed by atoms with E-state index in [1.165, 1.54) is 6.92 Å². The summed E-state index contributed by atoms with van der Waals surface area (Å²) in [5.41, 5.74) is 1.76. The fourth-order valence-corrected chi connectivity index (χ4v) is 2.56. The van der Waals surface area contributed by atoms with Crippen LogP contribution in [-0.2, 0) is 4.79 Å². The van der Waals surface area contributed by atoms with Crippen molar-refractivity contribution in [1.29, 1.82) is 0 Å². The highest BCUT2D eigenvalue weighted by Crippen LogP contribution is 2.18. The average molecular weight is 355 g/mol. The minimum atomic E-state index is -0.141. The molecular weight excluding hydrogens is 330 g/mol. The Labute approximate surface area is 153 Å². The SMILES string of the molecule is CCCN(CCC)C(=O)c1ccnc(Nc2cccc(NC(C)=O)c2)n1. The minimum absolute atomic E-state index is 0.0915. The van der Waals surface area contributed by atoms with Gasteiger partial charge in [0.2, 0.25) is 11.9 Å². The Morgan fingerprint density at radius 3 is 2.42 bits per heavy atom. The molecule has 2 amide bonds. The second-order valence-corrected chi connectivity index (χ2v) is 5.94. The molecule has 0 radical (unpaired) electrons. The average Bonchev–Trinajstić information content (AvgIpc) is 2.61. The van der Waals surface area contributed by atoms with Gasteiger partial charge in [-0.3, -0.25) is 9.59 Å². The Kier molecular flexibility index (Phi) is 7.08. The summed E-state index contributed by atoms with van der Waals surface area (Å²) < 4.78 is 0. The number of carbonyl (C=O) groups is 2. The molecule has 2 aromatic rings. The lowest BCUT2D eigenvalue weighted by molar-refractivity contribution is -0.114. The van der Waals surface area contributed by atoms with Gasteiger partial charge in [0.1, 0.15) is 5.69 Å². The molecule has 7 nitrogen and oxygen atoms in total. The summed E-state index contributed by atoms with van der Waals surface area (Å²) in [5.74, 6) is 0.104. The van der Waals surface area contributed by atoms with Crippen molar-refractivity contribution < 1.29 is 9.59 Å². The Bertz CT molecular complexity index is 757. The van der Waals surface area contributed by atoms with E-state index in [0.29, 0.717) is 30.4 Å². The van der Waals surface area contributed by atoms with E-state index in [2.05, 4.69) is 20.6 Å². The molecule has 138 valence electrons. The normalized spacial score (nSPS) is 10.3. The van der Waals surface area contributed by atoms with E-state index in [-0.39, 0.29) is 11.8 Å². The maximum absolute atomic E-state index is 12.7. The third-order valence-electron chi connectivity index (χ3n) is 3.59. The van der Waals surface area contributed by atoms with Crippen molar-refractivity contribution in [3.05, 3.63) is 42.2 Å². The molecule has 1 aromatic carbocycles. The Morgan fingerprint density at radius 1 is 1.08 bits per heavy atom. The van der Waals surface area contributed by atoms with Gasteiger partial charge >= 0.3 is 0 Å². The zero-order valence-electron chi connectivity index (χ0n) is 15.5. The Balaban J connectivity index is 2.16. The van der Waals surface area contributed by atoms with Gasteiger partial charge in [-0.05, 0) is 37.1 Å². The predicted octanol–water partition coefficient (Wildman–Crippen LogP) is 3.44. The van der Waals surface area contributed by atoms with Crippen LogP contribution < -0.4 is 10.6 Å². The third kappa shape index (κ3) is 5.54. The van der Waals surface area contributed by atoms with Crippen LogP contribution in [0.4, 0.5) is 17.3 Å². The molecule has 0 saturated carbocycles. The zero-order chi connectivity index (χ0) is 18.9. The molecule has 7 heteroatoms. The fourth-order valence-electron chi connectivity index (χ4n) is 2.56. The first-order valence-corrected chi connectivity index (χ1v) is 8.80. The van der Waals surface area contributed by atoms with E-state index in [4.69, 9.17) is 0 Å². The molecule has 0 aliphatic carbocycles. The van der Waals surface area contributed by atoms with Crippen LogP contribution >= 0.6 is 0 Å². The van der Waals surface area contributed by atoms with Crippen molar-refractivity contribution >= 4 is 29.1 Å². The van der Waals surface area contributed by atoms with Gasteiger partial charge in [-0.15, -0.1) is 0 Å². The van der Waals surface area contributed by atoms with Crippen molar-refractivity contribution in [2.45, 2.75) is 33.6 Å². The van der Waals surface area contributed by atoms with Crippen LogP contribution in [0.25, 0.3) is 0 Å². The summed E-state index contributed by atoms with van der Waals surface area (Å²) in [4.78, 5) is 34.2. The standard InChI is InChI=1S/C19H25N5O2/c1-4-11-24(12-5-2)18(26)17-9-10-20-19(23-17)22-16-8-6-7-15(13-16)21-14(3)25/h6-10,13H,4-5,11-12H2,1-3H3,(H,21,25)(H,20,22,23). The lowest BCUT2D eigenvalue weighted by Gasteiger charge is -2.21. The monoisotopic (exact) mass is 355 g/mol. The number of aromatic nitrogens is 2. The number of nitrogens with one attached hydrogen (secondary N) is 2. The number of rotatable bonds is 8. The van der Waals surface area contributed by atoms with Gasteiger partial charge in [-0.1, -0.05) is 19.9 Å². The lowest BCUT2D eigenvalue weighted by Crippen LogP contribution is -2.33. The number of benzene rings is 1. The van der Waals surface area contributed by atoms with Crippen LogP contribution in [0, 0.1) is 0 Å². The number of carbonyl (C=O) groups excluding carboxylic acids is 2. The van der Waals surface area contributed by atoms with E-state index < -0.39 is 0 Å². The molecular formula is C19H25N5O2. The molecule has 2 rings (SSSR count). The second-order valence-electron chi connectivity index (χ2n) is 5.94. The van der Waals surface area contributed by atoms with Crippen LogP contribution in [0.15, 0.2) is 36.5 Å². The molecule has 0 spiro atoms. The number of hydrogen-bond acceptors (Lipinski definition) is 5. The van der Waals surface area contributed by atoms with Gasteiger partial charge in [0.15, 0.2) is 0 Å². The molecule has 0 aliphatic heterocycles. The lowest BCUT2D eigenvalue weighted by atomic mass is 10.2. The Morgan fingerprint density at radius 2 is 1.77 bits per heavy atom. The number of anilines is 3. The van der Waals surface area contributed by atoms with Crippen molar-refractivity contribution in [3.63, 3.8) is 0 Å². The van der Waals surface area contributed by atoms with Crippen LogP contribution in [0.3, 0.4) is 0 Å². The van der Waals surface area contributed by atoms with Gasteiger partial charge in [0.25, 0.3) is 5.91 Å². The van der Waals surface area contributed by atoms with E-state index in [1.54, 1.807) is 24.4 Å². The molecule has 26 heavy (non-hydrogen) atoms. The molecule has 0 saturated heterocycles. The van der Waals surface area contributed by atoms with Crippen molar-refractivity contribution in [2.24, 2.45) is 0 Å². The van der Waals surface area contributed by atoms with Crippen molar-refractivity contribution in [1.82, 2.24) is 14.9 Å². The quantitative estimate of drug-likeness (QED) is 0.757. The number of nitrogens with zero attached hydrogens (tertiary/aromatic N) is 3. The molecule has 2 N–H and O–H groups in total. The summed E-state index contributed by atoms with van der Waals surface area (Å²) in [5, 5.41) is 5.79. The summed E-state index contributed by atoms with van der Waals surface area (Å²) in [6, 6.07) is 8.84. The zero-order valence-corrected chi connectivity index (χ0v) is 15.5. The second kappa shape index (κ2) is 9.50. The highest BCUT2D eigenvalue weighted by molar-refractivity contribution is 5.92. The van der Waals surface area contributed by atoms with E-state index in [9.17, 15) is 9.59 Å². The smallest absolute Gasteiger partial charge is 0.272 e. The van der Waals surface area contributed by atoms with Crippen LogP contribution in [0.5, 0.6) is 0 Å². The van der Waals surface area contributed by atoms with Gasteiger partial charge in [-0.25, -0.2) is 9.97 Å². The molecule has 0 atom stereocenters. The number of hydrogen-bond donors (Lipinski definition) is 2. The summed E-state index contributed by atoms with van der Waals surface area (Å²) in [7, 11) is 0. The van der Waals surface area contributed by atoms with Crippen LogP contribution in [-0.4, -0.2) is 39.8 Å². The summed E-state index contributed by atoms with van der Waals surface area (Å²) in [6.07, 6.45) is 3.37. The van der Waals surface area contributed by atoms with E-state index in [1.807, 2.05) is 30.9 Å². The molecule has 1 aromatic heterocycles. The van der Waals surface area contributed by atoms with Gasteiger partial charge in [0, 0.05) is 37.6 Å². The van der Waals surface area contributed by atoms with E-state index >= 15 is 0 Å². The van der Waals surface area contributed by atoms with E-state index in [0.717, 1.165) is 18.5 Å². The highest BCUT2D eigenvalue weighted by Gasteiger charge is 2.16. The molecule has 0 unspecified atom stereocenters. The van der Waals surface area contributed by atoms with Crippen LogP contribution in [0.2, 0.25) is 0 Å². The van der Waals surface area contributed by atoms with Gasteiger partial charge in [-0.2, -0.15) is 0 Å². The Hall–Kier alpha value is -2.96. The van der Waals surface area contributed by atoms with Gasteiger partial charge in [0.05, 0.1) is 0 Å². The first-order valence-electron chi connectivity index (χ1n) is 8.80. The molecule has 0 fully saturated rings. The highest BCUT2D eigenvalue weighted by atomic mass is 16.2. The first-order chi connectivity index (χ1) is 12.5. The number of amides is 2. The predicted molar refractivity (Wildman–Crippen MR) is 103 cm³/mol. The van der Waals surface area contributed by atoms with Crippen molar-refractivity contribution in [3.8, 4) is 0 Å². The largest absolute Gasteiger partial charge is 0.337 e. The summed E-state index contributed by atoms with van der Waals surface area (Å²) >= 11 is 0. The fraction of sp³-hybridized carbons (Fsp3) is 0.368. The maximum Gasteiger partial charge on any atom is 0.272 e.